The van der Waals surface area contributed by atoms with Gasteiger partial charge in [0.2, 0.25) is 0 Å². The SMILES string of the molecule is CCN(CC(C)C#N)C(=O)N1C[C@@H](C)[C@H](C(=O)O)C1. The fourth-order valence-corrected chi connectivity index (χ4v) is 2.36. The predicted octanol–water partition coefficient (Wildman–Crippen LogP) is 1.24. The number of nitriles is 1. The fourth-order valence-electron chi connectivity index (χ4n) is 2.36. The minimum absolute atomic E-state index is 0.0338. The molecular weight excluding hydrogens is 246 g/mol. The zero-order valence-corrected chi connectivity index (χ0v) is 11.7. The Morgan fingerprint density at radius 3 is 2.58 bits per heavy atom. The summed E-state index contributed by atoms with van der Waals surface area (Å²) in [6.07, 6.45) is 0. The van der Waals surface area contributed by atoms with Gasteiger partial charge in [-0.25, -0.2) is 4.79 Å². The Hall–Kier alpha value is -1.77. The molecule has 1 unspecified atom stereocenters. The van der Waals surface area contributed by atoms with Crippen molar-refractivity contribution in [3.05, 3.63) is 0 Å². The Morgan fingerprint density at radius 2 is 2.16 bits per heavy atom. The van der Waals surface area contributed by atoms with Crippen LogP contribution in [0.1, 0.15) is 20.8 Å². The summed E-state index contributed by atoms with van der Waals surface area (Å²) in [6, 6.07) is 1.94. The summed E-state index contributed by atoms with van der Waals surface area (Å²) < 4.78 is 0. The molecule has 1 N–H and O–H groups in total. The lowest BCUT2D eigenvalue weighted by atomic mass is 9.99. The molecule has 1 fully saturated rings. The van der Waals surface area contributed by atoms with Crippen LogP contribution in [0.3, 0.4) is 0 Å². The van der Waals surface area contributed by atoms with Crippen molar-refractivity contribution in [2.45, 2.75) is 20.8 Å². The summed E-state index contributed by atoms with van der Waals surface area (Å²) in [7, 11) is 0. The Labute approximate surface area is 113 Å². The number of hydrogen-bond acceptors (Lipinski definition) is 3. The zero-order chi connectivity index (χ0) is 14.6. The Kier molecular flexibility index (Phi) is 5.16. The molecule has 0 radical (unpaired) electrons. The van der Waals surface area contributed by atoms with E-state index in [1.807, 2.05) is 13.8 Å². The zero-order valence-electron chi connectivity index (χ0n) is 11.7. The molecule has 6 nitrogen and oxygen atoms in total. The van der Waals surface area contributed by atoms with E-state index < -0.39 is 11.9 Å². The monoisotopic (exact) mass is 267 g/mol. The van der Waals surface area contributed by atoms with Gasteiger partial charge in [0.1, 0.15) is 0 Å². The summed E-state index contributed by atoms with van der Waals surface area (Å²) in [5.74, 6) is -1.60. The first-order valence-corrected chi connectivity index (χ1v) is 6.56. The van der Waals surface area contributed by atoms with Gasteiger partial charge in [0.15, 0.2) is 0 Å². The number of rotatable bonds is 4. The van der Waals surface area contributed by atoms with Crippen LogP contribution in [-0.2, 0) is 4.79 Å². The lowest BCUT2D eigenvalue weighted by Gasteiger charge is -2.27. The van der Waals surface area contributed by atoms with Gasteiger partial charge >= 0.3 is 12.0 Å². The van der Waals surface area contributed by atoms with Crippen LogP contribution in [0.15, 0.2) is 0 Å². The van der Waals surface area contributed by atoms with Crippen LogP contribution in [0.2, 0.25) is 0 Å². The highest BCUT2D eigenvalue weighted by Gasteiger charge is 2.38. The second kappa shape index (κ2) is 6.41. The first-order chi connectivity index (χ1) is 8.90. The van der Waals surface area contributed by atoms with Gasteiger partial charge in [-0.3, -0.25) is 4.79 Å². The quantitative estimate of drug-likeness (QED) is 0.830. The molecule has 1 rings (SSSR count). The van der Waals surface area contributed by atoms with Crippen molar-refractivity contribution in [1.29, 1.82) is 5.26 Å². The van der Waals surface area contributed by atoms with E-state index in [1.165, 1.54) is 0 Å². The summed E-state index contributed by atoms with van der Waals surface area (Å²) >= 11 is 0. The molecule has 0 aliphatic carbocycles. The smallest absolute Gasteiger partial charge is 0.320 e. The number of likely N-dealkylation sites (tertiary alicyclic amines) is 1. The predicted molar refractivity (Wildman–Crippen MR) is 69.3 cm³/mol. The standard InChI is InChI=1S/C13H21N3O3/c1-4-15(6-9(2)5-14)13(19)16-7-10(3)11(8-16)12(17)18/h9-11H,4,6-8H2,1-3H3,(H,17,18)/t9?,10-,11-/m1/s1. The highest BCUT2D eigenvalue weighted by Crippen LogP contribution is 2.24. The second-order valence-corrected chi connectivity index (χ2v) is 5.18. The van der Waals surface area contributed by atoms with E-state index in [4.69, 9.17) is 10.4 Å². The molecule has 106 valence electrons. The average molecular weight is 267 g/mol. The van der Waals surface area contributed by atoms with E-state index in [9.17, 15) is 9.59 Å². The first-order valence-electron chi connectivity index (χ1n) is 6.56. The maximum atomic E-state index is 12.3. The number of hydrogen-bond donors (Lipinski definition) is 1. The van der Waals surface area contributed by atoms with Crippen molar-refractivity contribution >= 4 is 12.0 Å². The molecular formula is C13H21N3O3. The molecule has 0 aromatic heterocycles. The summed E-state index contributed by atoms with van der Waals surface area (Å²) in [6.45, 7) is 7.10. The molecule has 2 amide bonds. The van der Waals surface area contributed by atoms with Crippen molar-refractivity contribution in [3.63, 3.8) is 0 Å². The van der Waals surface area contributed by atoms with Gasteiger partial charge in [-0.2, -0.15) is 5.26 Å². The van der Waals surface area contributed by atoms with Gasteiger partial charge in [0.05, 0.1) is 17.9 Å². The summed E-state index contributed by atoms with van der Waals surface area (Å²) in [5.41, 5.74) is 0. The van der Waals surface area contributed by atoms with E-state index in [2.05, 4.69) is 6.07 Å². The molecule has 6 heteroatoms. The lowest BCUT2D eigenvalue weighted by molar-refractivity contribution is -0.142. The third-order valence-electron chi connectivity index (χ3n) is 3.57. The average Bonchev–Trinajstić information content (AvgIpc) is 2.77. The maximum Gasteiger partial charge on any atom is 0.320 e. The van der Waals surface area contributed by atoms with E-state index in [0.29, 0.717) is 19.6 Å². The van der Waals surface area contributed by atoms with Crippen LogP contribution in [-0.4, -0.2) is 53.1 Å². The number of carboxylic acid groups (broad SMARTS) is 1. The van der Waals surface area contributed by atoms with Gasteiger partial charge in [-0.15, -0.1) is 0 Å². The largest absolute Gasteiger partial charge is 0.481 e. The number of urea groups is 1. The van der Waals surface area contributed by atoms with Gasteiger partial charge < -0.3 is 14.9 Å². The molecule has 0 saturated carbocycles. The Morgan fingerprint density at radius 1 is 1.53 bits per heavy atom. The number of carboxylic acids is 1. The molecule has 0 spiro atoms. The molecule has 0 aromatic rings. The highest BCUT2D eigenvalue weighted by atomic mass is 16.4. The van der Waals surface area contributed by atoms with Crippen LogP contribution in [0.4, 0.5) is 4.79 Å². The van der Waals surface area contributed by atoms with E-state index >= 15 is 0 Å². The number of carbonyl (C=O) groups is 2. The lowest BCUT2D eigenvalue weighted by Crippen LogP contribution is -2.44. The van der Waals surface area contributed by atoms with Crippen LogP contribution in [0.25, 0.3) is 0 Å². The van der Waals surface area contributed by atoms with Crippen LogP contribution in [0, 0.1) is 29.1 Å². The molecule has 1 saturated heterocycles. The van der Waals surface area contributed by atoms with Crippen molar-refractivity contribution in [3.8, 4) is 6.07 Å². The molecule has 19 heavy (non-hydrogen) atoms. The number of amides is 2. The number of nitrogens with zero attached hydrogens (tertiary/aromatic N) is 3. The van der Waals surface area contributed by atoms with Crippen molar-refractivity contribution in [1.82, 2.24) is 9.80 Å². The van der Waals surface area contributed by atoms with E-state index in [0.717, 1.165) is 0 Å². The maximum absolute atomic E-state index is 12.3. The van der Waals surface area contributed by atoms with Gasteiger partial charge in [-0.05, 0) is 19.8 Å². The van der Waals surface area contributed by atoms with E-state index in [1.54, 1.807) is 16.7 Å². The van der Waals surface area contributed by atoms with Crippen LogP contribution >= 0.6 is 0 Å². The minimum atomic E-state index is -0.851. The van der Waals surface area contributed by atoms with Crippen molar-refractivity contribution in [2.75, 3.05) is 26.2 Å². The van der Waals surface area contributed by atoms with Gasteiger partial charge in [0, 0.05) is 26.2 Å². The molecule has 1 heterocycles. The number of aliphatic carboxylic acids is 1. The van der Waals surface area contributed by atoms with Crippen molar-refractivity contribution in [2.24, 2.45) is 17.8 Å². The Bertz CT molecular complexity index is 391. The number of carbonyl (C=O) groups excluding carboxylic acids is 1. The van der Waals surface area contributed by atoms with E-state index in [-0.39, 0.29) is 24.4 Å². The van der Waals surface area contributed by atoms with Crippen molar-refractivity contribution < 1.29 is 14.7 Å². The van der Waals surface area contributed by atoms with Gasteiger partial charge in [0.25, 0.3) is 0 Å². The molecule has 0 aromatic carbocycles. The summed E-state index contributed by atoms with van der Waals surface area (Å²) in [5, 5.41) is 17.9. The molecule has 1 aliphatic rings. The third kappa shape index (κ3) is 3.60. The topological polar surface area (TPSA) is 84.6 Å². The summed E-state index contributed by atoms with van der Waals surface area (Å²) in [4.78, 5) is 26.5. The Balaban J connectivity index is 2.67. The third-order valence-corrected chi connectivity index (χ3v) is 3.57. The van der Waals surface area contributed by atoms with Gasteiger partial charge in [-0.1, -0.05) is 6.92 Å². The minimum Gasteiger partial charge on any atom is -0.481 e. The second-order valence-electron chi connectivity index (χ2n) is 5.18. The highest BCUT2D eigenvalue weighted by molar-refractivity contribution is 5.77. The molecule has 1 aliphatic heterocycles. The van der Waals surface area contributed by atoms with Crippen LogP contribution in [0.5, 0.6) is 0 Å². The fraction of sp³-hybridized carbons (Fsp3) is 0.769. The molecule has 0 bridgehead atoms. The van der Waals surface area contributed by atoms with Crippen LogP contribution < -0.4 is 0 Å². The first kappa shape index (κ1) is 15.3. The normalized spacial score (nSPS) is 23.8. The molecule has 3 atom stereocenters.